The molecule has 0 atom stereocenters. The van der Waals surface area contributed by atoms with E-state index in [4.69, 9.17) is 0 Å². The quantitative estimate of drug-likeness (QED) is 0.806. The SMILES string of the molecule is CC(=O)c1ccc(N2CCN(C(=O)c3cc4c(cc3O)CCCC4)CC2)c(F)c1. The van der Waals surface area contributed by atoms with Crippen molar-refractivity contribution < 1.29 is 19.1 Å². The first-order valence-corrected chi connectivity index (χ1v) is 10.1. The van der Waals surface area contributed by atoms with Gasteiger partial charge in [0.1, 0.15) is 11.6 Å². The van der Waals surface area contributed by atoms with E-state index < -0.39 is 5.82 Å². The lowest BCUT2D eigenvalue weighted by molar-refractivity contribution is 0.0743. The number of halogens is 1. The number of piperazine rings is 1. The number of aryl methyl sites for hydroxylation is 2. The molecule has 1 N–H and O–H groups in total. The highest BCUT2D eigenvalue weighted by Gasteiger charge is 2.26. The third kappa shape index (κ3) is 3.84. The van der Waals surface area contributed by atoms with E-state index in [1.807, 2.05) is 11.0 Å². The maximum atomic E-state index is 14.4. The number of benzene rings is 2. The van der Waals surface area contributed by atoms with Gasteiger partial charge in [0, 0.05) is 31.7 Å². The zero-order valence-electron chi connectivity index (χ0n) is 16.6. The number of anilines is 1. The molecule has 0 bridgehead atoms. The molecule has 0 saturated carbocycles. The monoisotopic (exact) mass is 396 g/mol. The summed E-state index contributed by atoms with van der Waals surface area (Å²) >= 11 is 0. The molecule has 1 saturated heterocycles. The number of carbonyl (C=O) groups is 2. The van der Waals surface area contributed by atoms with Crippen LogP contribution in [-0.2, 0) is 12.8 Å². The number of nitrogens with zero attached hydrogens (tertiary/aromatic N) is 2. The molecule has 29 heavy (non-hydrogen) atoms. The number of fused-ring (bicyclic) bond motifs is 1. The molecule has 1 aliphatic carbocycles. The summed E-state index contributed by atoms with van der Waals surface area (Å²) in [5.41, 5.74) is 3.45. The molecule has 0 radical (unpaired) electrons. The fourth-order valence-corrected chi connectivity index (χ4v) is 4.25. The van der Waals surface area contributed by atoms with Crippen LogP contribution in [0.2, 0.25) is 0 Å². The Morgan fingerprint density at radius 3 is 2.24 bits per heavy atom. The number of ketones is 1. The van der Waals surface area contributed by atoms with Gasteiger partial charge in [0.25, 0.3) is 5.91 Å². The Morgan fingerprint density at radius 2 is 1.62 bits per heavy atom. The molecule has 2 aromatic rings. The van der Waals surface area contributed by atoms with Gasteiger partial charge in [-0.05, 0) is 74.1 Å². The van der Waals surface area contributed by atoms with E-state index in [1.54, 1.807) is 23.1 Å². The summed E-state index contributed by atoms with van der Waals surface area (Å²) < 4.78 is 14.4. The van der Waals surface area contributed by atoms with Gasteiger partial charge in [-0.3, -0.25) is 9.59 Å². The van der Waals surface area contributed by atoms with Crippen LogP contribution in [-0.4, -0.2) is 47.9 Å². The van der Waals surface area contributed by atoms with E-state index in [0.717, 1.165) is 36.8 Å². The molecule has 152 valence electrons. The molecular weight excluding hydrogens is 371 g/mol. The molecule has 6 heteroatoms. The maximum absolute atomic E-state index is 14.4. The second kappa shape index (κ2) is 7.85. The highest BCUT2D eigenvalue weighted by Crippen LogP contribution is 2.30. The van der Waals surface area contributed by atoms with Crippen LogP contribution < -0.4 is 4.90 Å². The molecule has 1 amide bonds. The van der Waals surface area contributed by atoms with Crippen molar-refractivity contribution in [1.82, 2.24) is 4.90 Å². The summed E-state index contributed by atoms with van der Waals surface area (Å²) in [5, 5.41) is 10.4. The van der Waals surface area contributed by atoms with E-state index in [1.165, 1.54) is 13.0 Å². The highest BCUT2D eigenvalue weighted by molar-refractivity contribution is 5.97. The van der Waals surface area contributed by atoms with Crippen molar-refractivity contribution in [2.24, 2.45) is 0 Å². The summed E-state index contributed by atoms with van der Waals surface area (Å²) in [7, 11) is 0. The highest BCUT2D eigenvalue weighted by atomic mass is 19.1. The van der Waals surface area contributed by atoms with Gasteiger partial charge in [0.05, 0.1) is 11.3 Å². The number of phenolic OH excluding ortho intramolecular Hbond substituents is 1. The van der Waals surface area contributed by atoms with E-state index >= 15 is 0 Å². The van der Waals surface area contributed by atoms with Gasteiger partial charge < -0.3 is 14.9 Å². The molecule has 4 rings (SSSR count). The molecule has 1 heterocycles. The van der Waals surface area contributed by atoms with Crippen LogP contribution in [0.1, 0.15) is 51.6 Å². The minimum Gasteiger partial charge on any atom is -0.507 e. The lowest BCUT2D eigenvalue weighted by Crippen LogP contribution is -2.49. The van der Waals surface area contributed by atoms with Crippen LogP contribution in [0.25, 0.3) is 0 Å². The van der Waals surface area contributed by atoms with E-state index in [0.29, 0.717) is 43.0 Å². The molecule has 2 aliphatic rings. The number of carbonyl (C=O) groups excluding carboxylic acids is 2. The zero-order valence-corrected chi connectivity index (χ0v) is 16.6. The van der Waals surface area contributed by atoms with Gasteiger partial charge in [0.2, 0.25) is 0 Å². The summed E-state index contributed by atoms with van der Waals surface area (Å²) in [6, 6.07) is 8.10. The van der Waals surface area contributed by atoms with Crippen molar-refractivity contribution in [2.75, 3.05) is 31.1 Å². The summed E-state index contributed by atoms with van der Waals surface area (Å²) in [6.07, 6.45) is 4.12. The van der Waals surface area contributed by atoms with Gasteiger partial charge in [-0.15, -0.1) is 0 Å². The Morgan fingerprint density at radius 1 is 0.966 bits per heavy atom. The van der Waals surface area contributed by atoms with Gasteiger partial charge >= 0.3 is 0 Å². The lowest BCUT2D eigenvalue weighted by atomic mass is 9.89. The molecule has 0 spiro atoms. The van der Waals surface area contributed by atoms with E-state index in [-0.39, 0.29) is 17.4 Å². The lowest BCUT2D eigenvalue weighted by Gasteiger charge is -2.36. The minimum absolute atomic E-state index is 0.0453. The molecule has 2 aromatic carbocycles. The summed E-state index contributed by atoms with van der Waals surface area (Å²) in [6.45, 7) is 3.29. The minimum atomic E-state index is -0.426. The Labute approximate surface area is 169 Å². The number of phenols is 1. The van der Waals surface area contributed by atoms with Crippen molar-refractivity contribution in [2.45, 2.75) is 32.6 Å². The van der Waals surface area contributed by atoms with Crippen molar-refractivity contribution in [3.8, 4) is 5.75 Å². The van der Waals surface area contributed by atoms with Crippen LogP contribution in [0.4, 0.5) is 10.1 Å². The van der Waals surface area contributed by atoms with Crippen molar-refractivity contribution in [1.29, 1.82) is 0 Å². The van der Waals surface area contributed by atoms with Crippen molar-refractivity contribution in [3.05, 3.63) is 58.4 Å². The molecule has 1 fully saturated rings. The fraction of sp³-hybridized carbons (Fsp3) is 0.391. The molecule has 5 nitrogen and oxygen atoms in total. The average Bonchev–Trinajstić information content (AvgIpc) is 2.73. The molecule has 0 unspecified atom stereocenters. The Balaban J connectivity index is 1.46. The first kappa shape index (κ1) is 19.4. The number of hydrogen-bond donors (Lipinski definition) is 1. The number of amides is 1. The first-order valence-electron chi connectivity index (χ1n) is 10.1. The summed E-state index contributed by atoms with van der Waals surface area (Å²) in [4.78, 5) is 28.0. The smallest absolute Gasteiger partial charge is 0.257 e. The number of rotatable bonds is 3. The Kier molecular flexibility index (Phi) is 5.26. The van der Waals surface area contributed by atoms with E-state index in [2.05, 4.69) is 0 Å². The Bertz CT molecular complexity index is 965. The average molecular weight is 396 g/mol. The predicted molar refractivity (Wildman–Crippen MR) is 109 cm³/mol. The maximum Gasteiger partial charge on any atom is 0.257 e. The van der Waals surface area contributed by atoms with Crippen LogP contribution in [0.3, 0.4) is 0 Å². The second-order valence-corrected chi connectivity index (χ2v) is 7.85. The number of Topliss-reactive ketones (excluding diaryl/α,β-unsaturated/α-hetero) is 1. The van der Waals surface area contributed by atoms with Gasteiger partial charge in [-0.2, -0.15) is 0 Å². The van der Waals surface area contributed by atoms with Crippen molar-refractivity contribution >= 4 is 17.4 Å². The van der Waals surface area contributed by atoms with Crippen LogP contribution in [0.5, 0.6) is 5.75 Å². The van der Waals surface area contributed by atoms with Crippen LogP contribution in [0.15, 0.2) is 30.3 Å². The van der Waals surface area contributed by atoms with Gasteiger partial charge in [-0.1, -0.05) is 0 Å². The fourth-order valence-electron chi connectivity index (χ4n) is 4.25. The molecule has 1 aliphatic heterocycles. The summed E-state index contributed by atoms with van der Waals surface area (Å²) in [5.74, 6) is -0.729. The number of hydrogen-bond acceptors (Lipinski definition) is 4. The standard InChI is InChI=1S/C23H25FN2O3/c1-15(27)16-6-7-21(20(24)13-16)25-8-10-26(11-9-25)23(29)19-12-17-4-2-3-5-18(17)14-22(19)28/h6-7,12-14,28H,2-5,8-11H2,1H3. The van der Waals surface area contributed by atoms with Crippen LogP contribution in [0, 0.1) is 5.82 Å². The van der Waals surface area contributed by atoms with Gasteiger partial charge in [0.15, 0.2) is 5.78 Å². The third-order valence-corrected chi connectivity index (χ3v) is 5.95. The van der Waals surface area contributed by atoms with Crippen molar-refractivity contribution in [3.63, 3.8) is 0 Å². The zero-order chi connectivity index (χ0) is 20.5. The number of aromatic hydroxyl groups is 1. The molecular formula is C23H25FN2O3. The third-order valence-electron chi connectivity index (χ3n) is 5.95. The predicted octanol–water partition coefficient (Wildman–Crippen LogP) is 3.58. The molecule has 0 aromatic heterocycles. The van der Waals surface area contributed by atoms with Gasteiger partial charge in [-0.25, -0.2) is 4.39 Å². The van der Waals surface area contributed by atoms with E-state index in [9.17, 15) is 19.1 Å². The van der Waals surface area contributed by atoms with Crippen LogP contribution >= 0.6 is 0 Å². The Hall–Kier alpha value is -2.89. The topological polar surface area (TPSA) is 60.9 Å². The normalized spacial score (nSPS) is 16.5. The first-order chi connectivity index (χ1) is 13.9. The largest absolute Gasteiger partial charge is 0.507 e. The second-order valence-electron chi connectivity index (χ2n) is 7.85.